The summed E-state index contributed by atoms with van der Waals surface area (Å²) in [6.07, 6.45) is -24.2. The number of benzene rings is 2. The van der Waals surface area contributed by atoms with Gasteiger partial charge in [-0.15, -0.1) is 10.2 Å². The third-order valence-corrected chi connectivity index (χ3v) is 29.1. The van der Waals surface area contributed by atoms with Crippen LogP contribution >= 0.6 is 0 Å². The predicted octanol–water partition coefficient (Wildman–Crippen LogP) is 0.419. The standard InChI is InChI=1S/C100H148N10O39/c1-5-57-41-59(67(113)27-17-29-101-91(125)63-23-13-15-25-65(63)93(127)128)43-69(87(57)148-99-85(123)83(121)79(117)53(3)140-99)144-97-77(89(81(119)73(49-111)146-97)142-71(95(131)132)39-55-19-9-7-10-20-55)103-75(115)47-109-45-61(105-107-109)51-138-37-35-136-33-31-135-32-34-137-36-38-139-52-62-46-110(108-106-62)48-76(116)104-78-90(143-72(96(133)134)40-56-21-11-8-12-22-56)82(120)74(50-112)147-98(78)145-70-44-60(42-58(6-2)88(70)149-100-86(124)84(122)80(118)54(4)141-100)68(114)28-18-30-102-92(126)64-24-14-16-26-66(64)94(129)130/h13-16,23-26,45-46,53-60,69-74,77-90,97-100,111-112,117-124H,5-12,17-22,27-44,47-52H2,1-4H3,(H,101,125)(H,102,126)(H,103,115)(H,104,116)(H,127,128)(H,129,130)(H,131,132)(H,133,134)/t53?,54?,57?,58?,59?,60?,69-,70-,71+,72+,73+,74+,77?,78?,79-,80-,81+,82+,83+,84+,85?,86?,87-,88-,89?,90?,97-,98-,99+,100+/m1/s1. The van der Waals surface area contributed by atoms with Crippen molar-refractivity contribution < 1.29 is 190 Å². The monoisotopic (exact) mass is 2110 g/mol. The maximum atomic E-state index is 14.5. The van der Waals surface area contributed by atoms with E-state index in [9.17, 15) is 119 Å². The number of ketones is 2. The number of hydrogen-bond acceptors (Lipinski definition) is 39. The van der Waals surface area contributed by atoms with Crippen molar-refractivity contribution in [1.82, 2.24) is 51.3 Å². The summed E-state index contributed by atoms with van der Waals surface area (Å²) in [6, 6.07) is 8.16. The van der Waals surface area contributed by atoms with E-state index >= 15 is 0 Å². The zero-order valence-corrected chi connectivity index (χ0v) is 84.3. The Bertz CT molecular complexity index is 4600. The van der Waals surface area contributed by atoms with Gasteiger partial charge in [-0.2, -0.15) is 0 Å². The van der Waals surface area contributed by atoms with Gasteiger partial charge in [0, 0.05) is 37.8 Å². The fourth-order valence-electron chi connectivity index (χ4n) is 20.9. The molecule has 6 heterocycles. The highest BCUT2D eigenvalue weighted by Gasteiger charge is 2.57. The van der Waals surface area contributed by atoms with Crippen LogP contribution in [0, 0.1) is 35.5 Å². The third kappa shape index (κ3) is 33.4. The number of aliphatic hydroxyl groups excluding tert-OH is 10. The lowest BCUT2D eigenvalue weighted by Gasteiger charge is -2.49. The van der Waals surface area contributed by atoms with Crippen LogP contribution in [0.3, 0.4) is 0 Å². The zero-order valence-electron chi connectivity index (χ0n) is 84.3. The second kappa shape index (κ2) is 58.8. The molecule has 0 bridgehead atoms. The molecule has 49 nitrogen and oxygen atoms in total. The highest BCUT2D eigenvalue weighted by Crippen LogP contribution is 2.44. The van der Waals surface area contributed by atoms with E-state index in [1.807, 2.05) is 13.8 Å². The second-order valence-electron chi connectivity index (χ2n) is 39.7. The summed E-state index contributed by atoms with van der Waals surface area (Å²) < 4.78 is 95.2. The van der Waals surface area contributed by atoms with Crippen LogP contribution in [0.2, 0.25) is 0 Å². The van der Waals surface area contributed by atoms with Crippen LogP contribution in [0.4, 0.5) is 0 Å². The molecule has 4 amide bonds. The fourth-order valence-corrected chi connectivity index (χ4v) is 20.9. The number of carboxylic acids is 4. The van der Waals surface area contributed by atoms with Crippen molar-refractivity contribution in [3.63, 3.8) is 0 Å². The summed E-state index contributed by atoms with van der Waals surface area (Å²) >= 11 is 0. The minimum atomic E-state index is -1.79. The number of nitrogens with zero attached hydrogens (tertiary/aromatic N) is 6. The number of carbonyl (C=O) groups excluding carboxylic acids is 6. The fraction of sp³-hybridized carbons (Fsp3) is 0.740. The van der Waals surface area contributed by atoms with E-state index < -0.39 is 257 Å². The van der Waals surface area contributed by atoms with Gasteiger partial charge in [-0.25, -0.2) is 28.5 Å². The predicted molar refractivity (Wildman–Crippen MR) is 511 cm³/mol. The number of amides is 4. The summed E-state index contributed by atoms with van der Waals surface area (Å²) in [6.45, 7) is 4.88. The van der Waals surface area contributed by atoms with E-state index in [1.54, 1.807) is 0 Å². The lowest BCUT2D eigenvalue weighted by atomic mass is 9.74. The van der Waals surface area contributed by atoms with Crippen molar-refractivity contribution in [1.29, 1.82) is 0 Å². The topological polar surface area (TPSA) is 702 Å². The average molecular weight is 2110 g/mol. The Morgan fingerprint density at radius 2 is 0.779 bits per heavy atom. The van der Waals surface area contributed by atoms with Gasteiger partial charge in [-0.3, -0.25) is 28.8 Å². The van der Waals surface area contributed by atoms with Gasteiger partial charge < -0.3 is 164 Å². The van der Waals surface area contributed by atoms with Gasteiger partial charge in [0.15, 0.2) is 37.4 Å². The van der Waals surface area contributed by atoms with Crippen molar-refractivity contribution in [3.05, 3.63) is 94.6 Å². The van der Waals surface area contributed by atoms with Crippen LogP contribution in [0.5, 0.6) is 0 Å². The Morgan fingerprint density at radius 3 is 1.12 bits per heavy atom. The van der Waals surface area contributed by atoms with E-state index in [-0.39, 0.29) is 189 Å². The molecular weight excluding hydrogens is 1970 g/mol. The van der Waals surface area contributed by atoms with Gasteiger partial charge in [-0.1, -0.05) is 126 Å². The lowest BCUT2D eigenvalue weighted by molar-refractivity contribution is -0.338. The number of carboxylic acid groups (broad SMARTS) is 4. The average Bonchev–Trinajstić information content (AvgIpc) is 1.74. The molecule has 2 aromatic carbocycles. The maximum absolute atomic E-state index is 14.5. The SMILES string of the molecule is CCC1CC(C(=O)CCCNC(=O)c2ccccc2C(=O)O)C[C@@H](O[C@@H]2O[C@@H](CO)[C@H](O)C(O[C@@H](CC3CCCCC3)C(=O)O)C2NC(=O)Cn2cc(COCCOCCOCCOCCOCc3cn(CC(=O)NC4C(O[C@@H](CC5CCCCC5)C(=O)O)[C@@H](O)[C@H](CO)O[C@H]4O[C@@H]4CC(C(=O)CCCNC(=O)c5ccccc5C(=O)O)CC(CC)[C@H]4O[C@@H]4OC(C)[C@@H](O)[C@H](O)C4O)nn3)nn2)[C@@H]1O[C@@H]1OC(C)[C@@H](O)[C@H](O)C1O. The molecule has 4 aromatic rings. The van der Waals surface area contributed by atoms with Crippen LogP contribution in [-0.4, -0.2) is 399 Å². The lowest BCUT2D eigenvalue weighted by Crippen LogP contribution is -2.67. The van der Waals surface area contributed by atoms with Crippen LogP contribution in [0.15, 0.2) is 60.9 Å². The number of aliphatic hydroxyl groups is 10. The molecule has 0 spiro atoms. The number of aliphatic carboxylic acids is 2. The molecule has 149 heavy (non-hydrogen) atoms. The molecule has 8 fully saturated rings. The largest absolute Gasteiger partial charge is 0.479 e. The van der Waals surface area contributed by atoms with Crippen molar-refractivity contribution in [2.75, 3.05) is 79.2 Å². The van der Waals surface area contributed by atoms with Gasteiger partial charge in [0.25, 0.3) is 11.8 Å². The van der Waals surface area contributed by atoms with E-state index in [4.69, 9.17) is 71.1 Å². The molecule has 4 saturated heterocycles. The molecule has 18 N–H and O–H groups in total. The Labute approximate surface area is 860 Å². The number of ether oxygens (including phenoxy) is 15. The first-order valence-corrected chi connectivity index (χ1v) is 51.8. The molecular formula is C100H148N10O39. The first-order valence-electron chi connectivity index (χ1n) is 51.8. The normalized spacial score (nSPS) is 31.1. The molecule has 832 valence electrons. The van der Waals surface area contributed by atoms with E-state index in [0.29, 0.717) is 24.2 Å². The number of aromatic nitrogens is 6. The molecule has 49 heteroatoms. The maximum Gasteiger partial charge on any atom is 0.336 e. The number of rotatable bonds is 58. The summed E-state index contributed by atoms with van der Waals surface area (Å²) in [5, 5.41) is 180. The first-order chi connectivity index (χ1) is 71.6. The number of aromatic carboxylic acids is 2. The molecule has 4 aliphatic carbocycles. The molecule has 2 aromatic heterocycles. The van der Waals surface area contributed by atoms with Gasteiger partial charge in [0.1, 0.15) is 121 Å². The van der Waals surface area contributed by atoms with E-state index in [2.05, 4.69) is 41.9 Å². The summed E-state index contributed by atoms with van der Waals surface area (Å²) in [7, 11) is 0. The molecule has 4 aliphatic heterocycles. The number of nitrogens with one attached hydrogen (secondary N) is 4. The van der Waals surface area contributed by atoms with Gasteiger partial charge in [0.05, 0.1) is 151 Å². The van der Waals surface area contributed by atoms with Gasteiger partial charge in [-0.05, 0) is 113 Å². The Hall–Kier alpha value is -9.18. The van der Waals surface area contributed by atoms with Crippen LogP contribution in [0.25, 0.3) is 0 Å². The second-order valence-corrected chi connectivity index (χ2v) is 39.7. The van der Waals surface area contributed by atoms with Gasteiger partial charge in [0.2, 0.25) is 11.8 Å². The van der Waals surface area contributed by atoms with Crippen LogP contribution in [-0.2, 0) is 126 Å². The van der Waals surface area contributed by atoms with Crippen molar-refractivity contribution >= 4 is 59.1 Å². The molecule has 0 radical (unpaired) electrons. The minimum Gasteiger partial charge on any atom is -0.479 e. The highest BCUT2D eigenvalue weighted by atomic mass is 16.8. The van der Waals surface area contributed by atoms with Crippen molar-refractivity contribution in [2.45, 2.75) is 355 Å². The molecule has 4 saturated carbocycles. The van der Waals surface area contributed by atoms with E-state index in [0.717, 1.165) is 64.2 Å². The molecule has 8 aliphatic rings. The van der Waals surface area contributed by atoms with Crippen molar-refractivity contribution in [3.8, 4) is 0 Å². The van der Waals surface area contributed by atoms with Crippen LogP contribution in [0.1, 0.15) is 222 Å². The number of Topliss-reactive ketones (excluding diaryl/α,β-unsaturated/α-hetero) is 2. The summed E-state index contributed by atoms with van der Waals surface area (Å²) in [5.74, 6) is -11.6. The first kappa shape index (κ1) is 118. The smallest absolute Gasteiger partial charge is 0.336 e. The Balaban J connectivity index is 0.608. The molecule has 12 rings (SSSR count). The number of hydrogen-bond donors (Lipinski definition) is 18. The highest BCUT2D eigenvalue weighted by molar-refractivity contribution is 6.05. The molecule has 12 unspecified atom stereocenters. The van der Waals surface area contributed by atoms with E-state index in [1.165, 1.54) is 84.1 Å². The third-order valence-electron chi connectivity index (χ3n) is 29.1. The van der Waals surface area contributed by atoms with Crippen LogP contribution < -0.4 is 21.3 Å². The zero-order chi connectivity index (χ0) is 107. The molecule has 30 atom stereocenters. The quantitative estimate of drug-likeness (QED) is 0.0266. The Morgan fingerprint density at radius 1 is 0.423 bits per heavy atom. The van der Waals surface area contributed by atoms with Gasteiger partial charge >= 0.3 is 23.9 Å². The minimum absolute atomic E-state index is 0.00874. The summed E-state index contributed by atoms with van der Waals surface area (Å²) in [5.41, 5.74) is 0.0511. The summed E-state index contributed by atoms with van der Waals surface area (Å²) in [4.78, 5) is 134. The number of carbonyl (C=O) groups is 10. The van der Waals surface area contributed by atoms with Crippen molar-refractivity contribution in [2.24, 2.45) is 35.5 Å². The Kier molecular flexibility index (Phi) is 46.7.